The summed E-state index contributed by atoms with van der Waals surface area (Å²) in [5.74, 6) is -0.209. The van der Waals surface area contributed by atoms with Crippen molar-refractivity contribution < 1.29 is 4.39 Å². The minimum atomic E-state index is -0.209. The van der Waals surface area contributed by atoms with E-state index < -0.39 is 0 Å². The third-order valence-electron chi connectivity index (χ3n) is 7.34. The summed E-state index contributed by atoms with van der Waals surface area (Å²) in [6, 6.07) is 12.7. The molecule has 2 aliphatic carbocycles. The number of nitrogens with one attached hydrogen (secondary N) is 2. The lowest BCUT2D eigenvalue weighted by Gasteiger charge is -2.36. The second-order valence-electron chi connectivity index (χ2n) is 9.48. The first-order chi connectivity index (χ1) is 15.0. The molecule has 0 saturated heterocycles. The van der Waals surface area contributed by atoms with Gasteiger partial charge in [-0.25, -0.2) is 4.39 Å². The SMILES string of the molecule is CN(C)C1CCC(NC2CCc3[nH]c4ccc(F)c(-c5ccccc5Cl)c4c3C2)CC1. The van der Waals surface area contributed by atoms with Crippen LogP contribution in [0.1, 0.15) is 43.4 Å². The van der Waals surface area contributed by atoms with Gasteiger partial charge in [0.2, 0.25) is 0 Å². The first-order valence-corrected chi connectivity index (χ1v) is 11.9. The molecule has 1 aromatic heterocycles. The fourth-order valence-corrected chi connectivity index (χ4v) is 5.88. The lowest BCUT2D eigenvalue weighted by atomic mass is 9.86. The molecule has 0 radical (unpaired) electrons. The van der Waals surface area contributed by atoms with Gasteiger partial charge < -0.3 is 15.2 Å². The van der Waals surface area contributed by atoms with Crippen molar-refractivity contribution in [1.29, 1.82) is 0 Å². The van der Waals surface area contributed by atoms with E-state index in [1.54, 1.807) is 6.07 Å². The van der Waals surface area contributed by atoms with Crippen LogP contribution in [0, 0.1) is 5.82 Å². The summed E-state index contributed by atoms with van der Waals surface area (Å²) in [6.07, 6.45) is 8.05. The smallest absolute Gasteiger partial charge is 0.131 e. The number of rotatable bonds is 4. The zero-order chi connectivity index (χ0) is 21.5. The predicted molar refractivity (Wildman–Crippen MR) is 127 cm³/mol. The Morgan fingerprint density at radius 3 is 2.52 bits per heavy atom. The largest absolute Gasteiger partial charge is 0.358 e. The fraction of sp³-hybridized carbons (Fsp3) is 0.462. The number of nitrogens with zero attached hydrogens (tertiary/aromatic N) is 1. The molecular weight excluding hydrogens is 409 g/mol. The Bertz CT molecular complexity index is 1080. The molecule has 2 aliphatic rings. The molecule has 3 aromatic rings. The number of benzene rings is 2. The summed E-state index contributed by atoms with van der Waals surface area (Å²) in [5.41, 5.74) is 4.92. The zero-order valence-electron chi connectivity index (χ0n) is 18.3. The summed E-state index contributed by atoms with van der Waals surface area (Å²) >= 11 is 6.48. The molecule has 1 fully saturated rings. The van der Waals surface area contributed by atoms with E-state index in [1.807, 2.05) is 30.3 Å². The number of fused-ring (bicyclic) bond motifs is 3. The van der Waals surface area contributed by atoms with Crippen LogP contribution in [0.4, 0.5) is 4.39 Å². The maximum Gasteiger partial charge on any atom is 0.131 e. The second-order valence-corrected chi connectivity index (χ2v) is 9.89. The summed E-state index contributed by atoms with van der Waals surface area (Å²) in [7, 11) is 4.38. The summed E-state index contributed by atoms with van der Waals surface area (Å²) in [6.45, 7) is 0. The lowest BCUT2D eigenvalue weighted by Crippen LogP contribution is -2.45. The molecule has 2 N–H and O–H groups in total. The van der Waals surface area contributed by atoms with Crippen LogP contribution < -0.4 is 5.32 Å². The average Bonchev–Trinajstić information content (AvgIpc) is 3.13. The van der Waals surface area contributed by atoms with Crippen molar-refractivity contribution in [2.24, 2.45) is 0 Å². The highest BCUT2D eigenvalue weighted by molar-refractivity contribution is 6.33. The Morgan fingerprint density at radius 1 is 1.00 bits per heavy atom. The number of aromatic nitrogens is 1. The van der Waals surface area contributed by atoms with E-state index >= 15 is 4.39 Å². The lowest BCUT2D eigenvalue weighted by molar-refractivity contribution is 0.196. The summed E-state index contributed by atoms with van der Waals surface area (Å²) < 4.78 is 15.1. The van der Waals surface area contributed by atoms with E-state index in [-0.39, 0.29) is 5.82 Å². The molecule has 1 unspecified atom stereocenters. The molecule has 0 aliphatic heterocycles. The van der Waals surface area contributed by atoms with Gasteiger partial charge in [0.25, 0.3) is 0 Å². The molecule has 31 heavy (non-hydrogen) atoms. The molecular formula is C26H31ClFN3. The highest BCUT2D eigenvalue weighted by Crippen LogP contribution is 2.40. The Kier molecular flexibility index (Phi) is 5.80. The standard InChI is InChI=1S/C26H31ClFN3/c1-31(2)18-10-7-16(8-11-18)29-17-9-13-23-20(15-17)26-24(30-23)14-12-22(28)25(26)19-5-3-4-6-21(19)27/h3-6,12,14,16-18,29-30H,7-11,13,15H2,1-2H3. The van der Waals surface area contributed by atoms with E-state index in [2.05, 4.69) is 29.3 Å². The van der Waals surface area contributed by atoms with E-state index in [4.69, 9.17) is 11.6 Å². The van der Waals surface area contributed by atoms with Gasteiger partial charge >= 0.3 is 0 Å². The minimum absolute atomic E-state index is 0.209. The first-order valence-electron chi connectivity index (χ1n) is 11.5. The van der Waals surface area contributed by atoms with Crippen molar-refractivity contribution >= 4 is 22.5 Å². The van der Waals surface area contributed by atoms with Crippen molar-refractivity contribution in [3.63, 3.8) is 0 Å². The molecule has 0 spiro atoms. The molecule has 164 valence electrons. The van der Waals surface area contributed by atoms with Crippen molar-refractivity contribution in [3.05, 3.63) is 58.5 Å². The Balaban J connectivity index is 1.43. The first kappa shape index (κ1) is 21.0. The van der Waals surface area contributed by atoms with Gasteiger partial charge in [-0.3, -0.25) is 0 Å². The van der Waals surface area contributed by atoms with Crippen molar-refractivity contribution in [2.45, 2.75) is 63.1 Å². The van der Waals surface area contributed by atoms with Crippen LogP contribution in [0.25, 0.3) is 22.0 Å². The van der Waals surface area contributed by atoms with E-state index in [0.29, 0.717) is 28.7 Å². The molecule has 1 saturated carbocycles. The monoisotopic (exact) mass is 439 g/mol. The highest BCUT2D eigenvalue weighted by Gasteiger charge is 2.29. The minimum Gasteiger partial charge on any atom is -0.358 e. The number of aryl methyl sites for hydroxylation is 1. The molecule has 3 nitrogen and oxygen atoms in total. The van der Waals surface area contributed by atoms with Gasteiger partial charge in [0, 0.05) is 50.9 Å². The van der Waals surface area contributed by atoms with Crippen LogP contribution in [0.2, 0.25) is 5.02 Å². The van der Waals surface area contributed by atoms with E-state index in [1.165, 1.54) is 36.9 Å². The fourth-order valence-electron chi connectivity index (χ4n) is 5.65. The summed E-state index contributed by atoms with van der Waals surface area (Å²) in [4.78, 5) is 5.93. The number of aromatic amines is 1. The number of hydrogen-bond donors (Lipinski definition) is 2. The maximum atomic E-state index is 15.1. The van der Waals surface area contributed by atoms with E-state index in [9.17, 15) is 0 Å². The van der Waals surface area contributed by atoms with E-state index in [0.717, 1.165) is 35.7 Å². The van der Waals surface area contributed by atoms with Gasteiger partial charge in [0.15, 0.2) is 0 Å². The predicted octanol–water partition coefficient (Wildman–Crippen LogP) is 5.95. The Labute approximate surface area is 189 Å². The van der Waals surface area contributed by atoms with Gasteiger partial charge in [0.05, 0.1) is 0 Å². The molecule has 0 bridgehead atoms. The third kappa shape index (κ3) is 4.02. The van der Waals surface area contributed by atoms with Crippen LogP contribution in [0.15, 0.2) is 36.4 Å². The normalized spacial score (nSPS) is 24.0. The topological polar surface area (TPSA) is 31.1 Å². The van der Waals surface area contributed by atoms with Crippen molar-refractivity contribution in [2.75, 3.05) is 14.1 Å². The van der Waals surface area contributed by atoms with Gasteiger partial charge in [-0.1, -0.05) is 29.8 Å². The molecule has 1 heterocycles. The second kappa shape index (κ2) is 8.57. The van der Waals surface area contributed by atoms with Crippen molar-refractivity contribution in [1.82, 2.24) is 15.2 Å². The Morgan fingerprint density at radius 2 is 1.77 bits per heavy atom. The average molecular weight is 440 g/mol. The van der Waals surface area contributed by atoms with Gasteiger partial charge in [-0.15, -0.1) is 0 Å². The quantitative estimate of drug-likeness (QED) is 0.526. The van der Waals surface area contributed by atoms with Crippen molar-refractivity contribution in [3.8, 4) is 11.1 Å². The van der Waals surface area contributed by atoms with Gasteiger partial charge in [-0.2, -0.15) is 0 Å². The molecule has 1 atom stereocenters. The molecule has 5 rings (SSSR count). The summed E-state index contributed by atoms with van der Waals surface area (Å²) in [5, 5.41) is 5.54. The highest BCUT2D eigenvalue weighted by atomic mass is 35.5. The number of hydrogen-bond acceptors (Lipinski definition) is 2. The van der Waals surface area contributed by atoms with Gasteiger partial charge in [-0.05, 0) is 82.8 Å². The number of halogens is 2. The van der Waals surface area contributed by atoms with Crippen LogP contribution in [0.5, 0.6) is 0 Å². The van der Waals surface area contributed by atoms with Crippen LogP contribution in [0.3, 0.4) is 0 Å². The molecule has 0 amide bonds. The maximum absolute atomic E-state index is 15.1. The number of H-pyrrole nitrogens is 1. The third-order valence-corrected chi connectivity index (χ3v) is 7.67. The van der Waals surface area contributed by atoms with Gasteiger partial charge in [0.1, 0.15) is 5.82 Å². The van der Waals surface area contributed by atoms with Crippen LogP contribution in [-0.4, -0.2) is 42.1 Å². The molecule has 5 heteroatoms. The van der Waals surface area contributed by atoms with Crippen LogP contribution in [-0.2, 0) is 12.8 Å². The zero-order valence-corrected chi connectivity index (χ0v) is 19.1. The Hall–Kier alpha value is -1.88. The molecule has 2 aromatic carbocycles. The van der Waals surface area contributed by atoms with Crippen LogP contribution >= 0.6 is 11.6 Å².